The van der Waals surface area contributed by atoms with Gasteiger partial charge in [-0.25, -0.2) is 4.98 Å². The van der Waals surface area contributed by atoms with E-state index in [1.54, 1.807) is 17.0 Å². The first kappa shape index (κ1) is 14.7. The van der Waals surface area contributed by atoms with Gasteiger partial charge in [-0.15, -0.1) is 11.3 Å². The van der Waals surface area contributed by atoms with E-state index in [1.807, 2.05) is 24.3 Å². The molecule has 3 aromatic rings. The predicted molar refractivity (Wildman–Crippen MR) is 93.3 cm³/mol. The highest BCUT2D eigenvalue weighted by molar-refractivity contribution is 7.21. The number of hydrogen-bond donors (Lipinski definition) is 1. The maximum atomic E-state index is 12.9. The van der Waals surface area contributed by atoms with Crippen molar-refractivity contribution in [3.05, 3.63) is 42.2 Å². The first-order valence-electron chi connectivity index (χ1n) is 8.27. The Balaban J connectivity index is 1.46. The number of nitrogens with one attached hydrogen (secondary N) is 1. The quantitative estimate of drug-likeness (QED) is 0.768. The Morgan fingerprint density at radius 1 is 1.24 bits per heavy atom. The minimum absolute atomic E-state index is 0.0613. The van der Waals surface area contributed by atoms with E-state index in [2.05, 4.69) is 10.3 Å². The summed E-state index contributed by atoms with van der Waals surface area (Å²) in [6, 6.07) is 11.0. The summed E-state index contributed by atoms with van der Waals surface area (Å²) in [5, 5.41) is 3.60. The van der Waals surface area contributed by atoms with Crippen LogP contribution in [0.2, 0.25) is 0 Å². The summed E-state index contributed by atoms with van der Waals surface area (Å²) >= 11 is 1.53. The van der Waals surface area contributed by atoms with Crippen LogP contribution in [0.25, 0.3) is 21.0 Å². The number of nitrogens with zero attached hydrogens (tertiary/aromatic N) is 2. The van der Waals surface area contributed by atoms with E-state index in [4.69, 9.17) is 4.42 Å². The maximum Gasteiger partial charge on any atom is 0.290 e. The van der Waals surface area contributed by atoms with Crippen LogP contribution in [0.1, 0.15) is 23.4 Å². The number of benzene rings is 1. The fraction of sp³-hybridized carbons (Fsp3) is 0.278. The van der Waals surface area contributed by atoms with Gasteiger partial charge in [0.15, 0.2) is 16.5 Å². The third kappa shape index (κ3) is 2.26. The molecule has 6 nitrogen and oxygen atoms in total. The molecule has 1 N–H and O–H groups in total. The topological polar surface area (TPSA) is 75.4 Å². The van der Waals surface area contributed by atoms with Crippen molar-refractivity contribution in [3.8, 4) is 10.8 Å². The van der Waals surface area contributed by atoms with Crippen molar-refractivity contribution in [2.45, 2.75) is 24.9 Å². The molecule has 0 saturated carbocycles. The van der Waals surface area contributed by atoms with Crippen LogP contribution in [0.15, 0.2) is 40.8 Å². The molecule has 2 unspecified atom stereocenters. The van der Waals surface area contributed by atoms with Gasteiger partial charge in [0.2, 0.25) is 5.91 Å². The monoisotopic (exact) mass is 353 g/mol. The summed E-state index contributed by atoms with van der Waals surface area (Å²) in [4.78, 5) is 31.1. The minimum Gasteiger partial charge on any atom is -0.448 e. The first-order valence-corrected chi connectivity index (χ1v) is 9.08. The van der Waals surface area contributed by atoms with Gasteiger partial charge in [-0.2, -0.15) is 0 Å². The molecular formula is C18H15N3O3S. The van der Waals surface area contributed by atoms with Gasteiger partial charge in [-0.1, -0.05) is 12.1 Å². The van der Waals surface area contributed by atoms with E-state index in [1.165, 1.54) is 11.3 Å². The van der Waals surface area contributed by atoms with Gasteiger partial charge in [-0.05, 0) is 37.1 Å². The summed E-state index contributed by atoms with van der Waals surface area (Å²) < 4.78 is 6.88. The fourth-order valence-electron chi connectivity index (χ4n) is 3.66. The van der Waals surface area contributed by atoms with E-state index < -0.39 is 0 Å². The van der Waals surface area contributed by atoms with Gasteiger partial charge in [0.05, 0.1) is 16.3 Å². The predicted octanol–water partition coefficient (Wildman–Crippen LogP) is 2.66. The van der Waals surface area contributed by atoms with Crippen molar-refractivity contribution < 1.29 is 14.0 Å². The molecule has 2 amide bonds. The highest BCUT2D eigenvalue weighted by atomic mass is 32.1. The number of hydrogen-bond acceptors (Lipinski definition) is 5. The molecule has 2 aromatic heterocycles. The molecule has 2 atom stereocenters. The Kier molecular flexibility index (Phi) is 3.18. The molecule has 2 aliphatic heterocycles. The van der Waals surface area contributed by atoms with Crippen molar-refractivity contribution >= 4 is 33.4 Å². The molecule has 2 bridgehead atoms. The van der Waals surface area contributed by atoms with Crippen molar-refractivity contribution in [1.29, 1.82) is 0 Å². The van der Waals surface area contributed by atoms with Gasteiger partial charge in [0.1, 0.15) is 6.04 Å². The lowest BCUT2D eigenvalue weighted by Gasteiger charge is -2.33. The largest absolute Gasteiger partial charge is 0.448 e. The van der Waals surface area contributed by atoms with E-state index in [0.717, 1.165) is 21.6 Å². The Morgan fingerprint density at radius 2 is 2.12 bits per heavy atom. The van der Waals surface area contributed by atoms with E-state index in [-0.39, 0.29) is 29.7 Å². The first-order chi connectivity index (χ1) is 12.2. The molecule has 2 saturated heterocycles. The van der Waals surface area contributed by atoms with Crippen molar-refractivity contribution in [2.24, 2.45) is 0 Å². The van der Waals surface area contributed by atoms with Crippen LogP contribution in [-0.2, 0) is 4.79 Å². The van der Waals surface area contributed by atoms with Crippen LogP contribution < -0.4 is 5.32 Å². The van der Waals surface area contributed by atoms with Crippen LogP contribution in [0, 0.1) is 0 Å². The average molecular weight is 353 g/mol. The number of fused-ring (bicyclic) bond motifs is 3. The molecule has 1 aromatic carbocycles. The number of thiazole rings is 1. The average Bonchev–Trinajstić information content (AvgIpc) is 3.33. The number of para-hydroxylation sites is 1. The number of amides is 2. The molecule has 4 heterocycles. The van der Waals surface area contributed by atoms with Crippen LogP contribution >= 0.6 is 11.3 Å². The molecule has 5 rings (SSSR count). The SMILES string of the molecule is O=C1NCC2CCC1N2C(=O)c1ccc(-c2nc3ccccc3s2)o1. The molecule has 2 fully saturated rings. The Morgan fingerprint density at radius 3 is 3.00 bits per heavy atom. The molecule has 2 aliphatic rings. The summed E-state index contributed by atoms with van der Waals surface area (Å²) in [6.45, 7) is 0.520. The molecule has 126 valence electrons. The third-order valence-corrected chi connectivity index (χ3v) is 5.92. The second-order valence-electron chi connectivity index (χ2n) is 6.36. The Bertz CT molecular complexity index is 959. The summed E-state index contributed by atoms with van der Waals surface area (Å²) in [5.74, 6) is 0.564. The number of piperazine rings is 1. The highest BCUT2D eigenvalue weighted by Gasteiger charge is 2.45. The minimum atomic E-state index is -0.373. The van der Waals surface area contributed by atoms with Gasteiger partial charge >= 0.3 is 0 Å². The standard InChI is InChI=1S/C18H15N3O3S/c22-16-12-6-5-10(9-19-16)21(12)18(23)14-8-7-13(24-14)17-20-11-3-1-2-4-15(11)25-17/h1-4,7-8,10,12H,5-6,9H2,(H,19,22). The van der Waals surface area contributed by atoms with E-state index in [0.29, 0.717) is 18.7 Å². The van der Waals surface area contributed by atoms with Gasteiger partial charge in [0.25, 0.3) is 5.91 Å². The summed E-state index contributed by atoms with van der Waals surface area (Å²) in [5.41, 5.74) is 0.914. The summed E-state index contributed by atoms with van der Waals surface area (Å²) in [7, 11) is 0. The van der Waals surface area contributed by atoms with Crippen LogP contribution in [0.3, 0.4) is 0 Å². The molecule has 0 aliphatic carbocycles. The normalized spacial score (nSPS) is 22.4. The molecule has 7 heteroatoms. The van der Waals surface area contributed by atoms with E-state index >= 15 is 0 Å². The zero-order valence-corrected chi connectivity index (χ0v) is 14.1. The summed E-state index contributed by atoms with van der Waals surface area (Å²) in [6.07, 6.45) is 1.56. The number of furan rings is 1. The molecule has 0 spiro atoms. The van der Waals surface area contributed by atoms with E-state index in [9.17, 15) is 9.59 Å². The second kappa shape index (κ2) is 5.42. The lowest BCUT2D eigenvalue weighted by molar-refractivity contribution is -0.127. The third-order valence-electron chi connectivity index (χ3n) is 4.87. The number of carbonyl (C=O) groups is 2. The fourth-order valence-corrected chi connectivity index (χ4v) is 4.58. The van der Waals surface area contributed by atoms with Crippen molar-refractivity contribution in [2.75, 3.05) is 6.54 Å². The Hall–Kier alpha value is -2.67. The zero-order valence-electron chi connectivity index (χ0n) is 13.3. The van der Waals surface area contributed by atoms with Crippen molar-refractivity contribution in [1.82, 2.24) is 15.2 Å². The molecule has 0 radical (unpaired) electrons. The lowest BCUT2D eigenvalue weighted by Crippen LogP contribution is -2.57. The zero-order chi connectivity index (χ0) is 17.0. The van der Waals surface area contributed by atoms with Gasteiger partial charge < -0.3 is 14.6 Å². The molecule has 25 heavy (non-hydrogen) atoms. The molecular weight excluding hydrogens is 338 g/mol. The number of aromatic nitrogens is 1. The lowest BCUT2D eigenvalue weighted by atomic mass is 10.2. The smallest absolute Gasteiger partial charge is 0.290 e. The number of rotatable bonds is 2. The second-order valence-corrected chi connectivity index (χ2v) is 7.39. The maximum absolute atomic E-state index is 12.9. The van der Waals surface area contributed by atoms with Gasteiger partial charge in [-0.3, -0.25) is 9.59 Å². The highest BCUT2D eigenvalue weighted by Crippen LogP contribution is 2.33. The van der Waals surface area contributed by atoms with Crippen LogP contribution in [-0.4, -0.2) is 40.3 Å². The Labute approximate surface area is 147 Å². The number of carbonyl (C=O) groups excluding carboxylic acids is 2. The van der Waals surface area contributed by atoms with Gasteiger partial charge in [0, 0.05) is 6.54 Å². The van der Waals surface area contributed by atoms with Crippen LogP contribution in [0.4, 0.5) is 0 Å². The van der Waals surface area contributed by atoms with Crippen LogP contribution in [0.5, 0.6) is 0 Å². The van der Waals surface area contributed by atoms with Crippen molar-refractivity contribution in [3.63, 3.8) is 0 Å².